The lowest BCUT2D eigenvalue weighted by atomic mass is 10.2. The van der Waals surface area contributed by atoms with E-state index in [2.05, 4.69) is 20.9 Å². The Morgan fingerprint density at radius 2 is 1.74 bits per heavy atom. The van der Waals surface area contributed by atoms with Gasteiger partial charge in [-0.2, -0.15) is 0 Å². The van der Waals surface area contributed by atoms with Crippen molar-refractivity contribution in [2.45, 2.75) is 52.0 Å². The molecule has 0 spiro atoms. The lowest BCUT2D eigenvalue weighted by Crippen LogP contribution is -2.37. The predicted molar refractivity (Wildman–Crippen MR) is 90.1 cm³/mol. The molecular formula is C13H27IN4O. The highest BCUT2D eigenvalue weighted by Gasteiger charge is 2.16. The molecule has 6 heteroatoms. The van der Waals surface area contributed by atoms with Crippen molar-refractivity contribution in [3.63, 3.8) is 0 Å². The van der Waals surface area contributed by atoms with Gasteiger partial charge < -0.3 is 16.0 Å². The second-order valence-electron chi connectivity index (χ2n) is 4.59. The van der Waals surface area contributed by atoms with Gasteiger partial charge in [0, 0.05) is 25.6 Å². The molecule has 0 saturated heterocycles. The zero-order chi connectivity index (χ0) is 13.2. The van der Waals surface area contributed by atoms with Gasteiger partial charge in [0.15, 0.2) is 5.96 Å². The summed E-state index contributed by atoms with van der Waals surface area (Å²) in [5, 5.41) is 9.34. The third-order valence-corrected chi connectivity index (χ3v) is 3.02. The molecule has 0 radical (unpaired) electrons. The number of hydrogen-bond acceptors (Lipinski definition) is 2. The van der Waals surface area contributed by atoms with Crippen molar-refractivity contribution < 1.29 is 4.79 Å². The van der Waals surface area contributed by atoms with Crippen LogP contribution in [0.15, 0.2) is 4.99 Å². The van der Waals surface area contributed by atoms with Crippen LogP contribution < -0.4 is 16.0 Å². The minimum atomic E-state index is 0. The van der Waals surface area contributed by atoms with Crippen LogP contribution in [0.4, 0.5) is 0 Å². The predicted octanol–water partition coefficient (Wildman–Crippen LogP) is 1.63. The van der Waals surface area contributed by atoms with Crippen LogP contribution in [0.5, 0.6) is 0 Å². The highest BCUT2D eigenvalue weighted by Crippen LogP contribution is 2.17. The molecule has 19 heavy (non-hydrogen) atoms. The number of rotatable bonds is 6. The first-order valence-corrected chi connectivity index (χ1v) is 7.07. The molecule has 1 fully saturated rings. The number of guanidine groups is 1. The molecule has 1 rings (SSSR count). The molecule has 3 N–H and O–H groups in total. The summed E-state index contributed by atoms with van der Waals surface area (Å²) in [7, 11) is 0. The van der Waals surface area contributed by atoms with E-state index in [-0.39, 0.29) is 29.9 Å². The van der Waals surface area contributed by atoms with Crippen molar-refractivity contribution >= 4 is 35.8 Å². The van der Waals surface area contributed by atoms with Gasteiger partial charge in [-0.1, -0.05) is 12.8 Å². The van der Waals surface area contributed by atoms with E-state index in [9.17, 15) is 4.79 Å². The van der Waals surface area contributed by atoms with E-state index in [1.54, 1.807) is 0 Å². The molecule has 0 unspecified atom stereocenters. The smallest absolute Gasteiger partial charge is 0.222 e. The van der Waals surface area contributed by atoms with Crippen LogP contribution >= 0.6 is 24.0 Å². The Morgan fingerprint density at radius 3 is 2.26 bits per heavy atom. The fourth-order valence-electron chi connectivity index (χ4n) is 2.15. The summed E-state index contributed by atoms with van der Waals surface area (Å²) in [6.45, 7) is 6.26. The average molecular weight is 382 g/mol. The summed E-state index contributed by atoms with van der Waals surface area (Å²) in [6.07, 6.45) is 5.23. The van der Waals surface area contributed by atoms with Gasteiger partial charge in [0.25, 0.3) is 0 Å². The minimum Gasteiger partial charge on any atom is -0.357 e. The van der Waals surface area contributed by atoms with Crippen molar-refractivity contribution in [2.24, 2.45) is 4.99 Å². The second-order valence-corrected chi connectivity index (χ2v) is 4.59. The lowest BCUT2D eigenvalue weighted by Gasteiger charge is -2.12. The van der Waals surface area contributed by atoms with E-state index in [0.717, 1.165) is 31.9 Å². The molecule has 0 aromatic rings. The van der Waals surface area contributed by atoms with E-state index in [0.29, 0.717) is 19.0 Å². The number of carbonyl (C=O) groups is 1. The zero-order valence-corrected chi connectivity index (χ0v) is 14.3. The molecule has 0 heterocycles. The van der Waals surface area contributed by atoms with E-state index < -0.39 is 0 Å². The molecular weight excluding hydrogens is 355 g/mol. The highest BCUT2D eigenvalue weighted by molar-refractivity contribution is 14.0. The fourth-order valence-corrected chi connectivity index (χ4v) is 2.15. The third kappa shape index (κ3) is 8.28. The summed E-state index contributed by atoms with van der Waals surface area (Å²) in [6, 6.07) is 0.406. The summed E-state index contributed by atoms with van der Waals surface area (Å²) in [5.41, 5.74) is 0. The lowest BCUT2D eigenvalue weighted by molar-refractivity contribution is -0.121. The summed E-state index contributed by atoms with van der Waals surface area (Å²) >= 11 is 0. The minimum absolute atomic E-state index is 0. The molecule has 0 aromatic heterocycles. The largest absolute Gasteiger partial charge is 0.357 e. The summed E-state index contributed by atoms with van der Waals surface area (Å²) in [5.74, 6) is 0.909. The molecule has 1 saturated carbocycles. The maximum Gasteiger partial charge on any atom is 0.222 e. The van der Waals surface area contributed by atoms with Gasteiger partial charge in [-0.3, -0.25) is 9.79 Å². The van der Waals surface area contributed by atoms with E-state index in [1.807, 2.05) is 13.8 Å². The first kappa shape index (κ1) is 18.5. The number of nitrogens with one attached hydrogen (secondary N) is 3. The Hall–Kier alpha value is -0.530. The van der Waals surface area contributed by atoms with Crippen molar-refractivity contribution in [3.8, 4) is 0 Å². The van der Waals surface area contributed by atoms with Crippen molar-refractivity contribution in [1.29, 1.82) is 0 Å². The van der Waals surface area contributed by atoms with Crippen LogP contribution in [0, 0.1) is 0 Å². The molecule has 1 aliphatic rings. The quantitative estimate of drug-likeness (QED) is 0.372. The second kappa shape index (κ2) is 11.3. The molecule has 0 aromatic carbocycles. The monoisotopic (exact) mass is 382 g/mol. The van der Waals surface area contributed by atoms with E-state index >= 15 is 0 Å². The van der Waals surface area contributed by atoms with Gasteiger partial charge in [0.1, 0.15) is 0 Å². The Kier molecular flexibility index (Phi) is 11.0. The normalized spacial score (nSPS) is 14.4. The number of amides is 1. The Labute approximate surface area is 133 Å². The zero-order valence-electron chi connectivity index (χ0n) is 12.0. The standard InChI is InChI=1S/C13H26N4O.HI/c1-3-14-13(15-4-2)16-10-9-12(18)17-11-7-5-6-8-11;/h11H,3-10H2,1-2H3,(H,17,18)(H2,14,15,16);1H. The summed E-state index contributed by atoms with van der Waals surface area (Å²) < 4.78 is 0. The van der Waals surface area contributed by atoms with Gasteiger partial charge in [0.05, 0.1) is 6.54 Å². The first-order chi connectivity index (χ1) is 8.76. The number of aliphatic imine (C=N–C) groups is 1. The number of halogens is 1. The molecule has 0 atom stereocenters. The Morgan fingerprint density at radius 1 is 1.16 bits per heavy atom. The average Bonchev–Trinajstić information content (AvgIpc) is 2.82. The fraction of sp³-hybridized carbons (Fsp3) is 0.846. The molecule has 0 aliphatic heterocycles. The first-order valence-electron chi connectivity index (χ1n) is 7.07. The van der Waals surface area contributed by atoms with Gasteiger partial charge in [-0.05, 0) is 26.7 Å². The van der Waals surface area contributed by atoms with Crippen molar-refractivity contribution in [3.05, 3.63) is 0 Å². The van der Waals surface area contributed by atoms with Gasteiger partial charge in [-0.15, -0.1) is 24.0 Å². The van der Waals surface area contributed by atoms with Crippen LogP contribution in [0.2, 0.25) is 0 Å². The maximum absolute atomic E-state index is 11.7. The Bertz CT molecular complexity index is 270. The third-order valence-electron chi connectivity index (χ3n) is 3.02. The summed E-state index contributed by atoms with van der Waals surface area (Å²) in [4.78, 5) is 16.0. The maximum atomic E-state index is 11.7. The topological polar surface area (TPSA) is 65.5 Å². The number of hydrogen-bond donors (Lipinski definition) is 3. The van der Waals surface area contributed by atoms with E-state index in [4.69, 9.17) is 0 Å². The molecule has 0 bridgehead atoms. The van der Waals surface area contributed by atoms with Crippen molar-refractivity contribution in [1.82, 2.24) is 16.0 Å². The van der Waals surface area contributed by atoms with E-state index in [1.165, 1.54) is 12.8 Å². The van der Waals surface area contributed by atoms with Crippen LogP contribution in [0.3, 0.4) is 0 Å². The van der Waals surface area contributed by atoms with Crippen molar-refractivity contribution in [2.75, 3.05) is 19.6 Å². The van der Waals surface area contributed by atoms with Crippen LogP contribution in [-0.4, -0.2) is 37.5 Å². The molecule has 5 nitrogen and oxygen atoms in total. The van der Waals surface area contributed by atoms with Gasteiger partial charge >= 0.3 is 0 Å². The molecule has 1 amide bonds. The Balaban J connectivity index is 0.00000324. The van der Waals surface area contributed by atoms with Gasteiger partial charge in [-0.25, -0.2) is 0 Å². The molecule has 112 valence electrons. The van der Waals surface area contributed by atoms with Crippen LogP contribution in [0.1, 0.15) is 46.0 Å². The van der Waals surface area contributed by atoms with Crippen LogP contribution in [-0.2, 0) is 4.79 Å². The SMILES string of the molecule is CCNC(=NCCC(=O)NC1CCCC1)NCC.I. The van der Waals surface area contributed by atoms with Gasteiger partial charge in [0.2, 0.25) is 5.91 Å². The molecule has 1 aliphatic carbocycles. The number of carbonyl (C=O) groups excluding carboxylic acids is 1. The van der Waals surface area contributed by atoms with Crippen LogP contribution in [0.25, 0.3) is 0 Å². The number of nitrogens with zero attached hydrogens (tertiary/aromatic N) is 1. The highest BCUT2D eigenvalue weighted by atomic mass is 127.